The molecule has 0 aromatic carbocycles. The molecule has 0 spiro atoms. The highest BCUT2D eigenvalue weighted by Crippen LogP contribution is 2.09. The van der Waals surface area contributed by atoms with E-state index < -0.39 is 0 Å². The van der Waals surface area contributed by atoms with Crippen molar-refractivity contribution in [2.45, 2.75) is 18.7 Å². The molecule has 16 heavy (non-hydrogen) atoms. The normalized spacial score (nSPS) is 12.6. The zero-order valence-corrected chi connectivity index (χ0v) is 11.7. The Morgan fingerprint density at radius 3 is 2.56 bits per heavy atom. The predicted octanol–water partition coefficient (Wildman–Crippen LogP) is 1.33. The van der Waals surface area contributed by atoms with Gasteiger partial charge in [0.15, 0.2) is 0 Å². The largest absolute Gasteiger partial charge is 0.383 e. The zero-order chi connectivity index (χ0) is 12.1. The van der Waals surface area contributed by atoms with Crippen molar-refractivity contribution in [1.82, 2.24) is 15.2 Å². The van der Waals surface area contributed by atoms with Crippen LogP contribution >= 0.6 is 15.9 Å². The number of hydrogen-bond acceptors (Lipinski definition) is 5. The highest BCUT2D eigenvalue weighted by Gasteiger charge is 2.11. The smallest absolute Gasteiger partial charge is 0.245 e. The number of ether oxygens (including phenoxy) is 1. The summed E-state index contributed by atoms with van der Waals surface area (Å²) >= 11 is 3.53. The fourth-order valence-corrected chi connectivity index (χ4v) is 1.92. The number of rotatable bonds is 5. The van der Waals surface area contributed by atoms with E-state index in [9.17, 15) is 0 Å². The summed E-state index contributed by atoms with van der Waals surface area (Å²) in [6.45, 7) is 5.26. The molecular weight excluding hydrogens is 272 g/mol. The van der Waals surface area contributed by atoms with Gasteiger partial charge in [-0.2, -0.15) is 5.10 Å². The van der Waals surface area contributed by atoms with Crippen LogP contribution in [0.3, 0.4) is 0 Å². The lowest BCUT2D eigenvalue weighted by Crippen LogP contribution is -2.30. The van der Waals surface area contributed by atoms with Crippen LogP contribution in [0.5, 0.6) is 0 Å². The number of hydrogen-bond donors (Lipinski definition) is 0. The lowest BCUT2D eigenvalue weighted by Gasteiger charge is -2.19. The molecule has 0 amide bonds. The summed E-state index contributed by atoms with van der Waals surface area (Å²) in [4.78, 5) is 6.59. The average molecular weight is 289 g/mol. The van der Waals surface area contributed by atoms with E-state index in [1.807, 2.05) is 25.8 Å². The third-order valence-electron chi connectivity index (χ3n) is 2.24. The van der Waals surface area contributed by atoms with Gasteiger partial charge in [-0.1, -0.05) is 15.9 Å². The van der Waals surface area contributed by atoms with Gasteiger partial charge in [-0.15, -0.1) is 5.10 Å². The molecule has 0 N–H and O–H groups in total. The quantitative estimate of drug-likeness (QED) is 0.766. The third-order valence-corrected chi connectivity index (χ3v) is 2.80. The van der Waals surface area contributed by atoms with E-state index in [1.54, 1.807) is 7.11 Å². The Balaban J connectivity index is 2.65. The summed E-state index contributed by atoms with van der Waals surface area (Å²) in [5.41, 5.74) is 1.78. The van der Waals surface area contributed by atoms with Crippen molar-refractivity contribution >= 4 is 21.9 Å². The van der Waals surface area contributed by atoms with Gasteiger partial charge >= 0.3 is 0 Å². The molecule has 5 nitrogen and oxygen atoms in total. The van der Waals surface area contributed by atoms with Crippen LogP contribution < -0.4 is 4.90 Å². The first-order chi connectivity index (χ1) is 7.54. The lowest BCUT2D eigenvalue weighted by atomic mass is 10.4. The molecule has 0 aliphatic carbocycles. The maximum absolute atomic E-state index is 5.05. The maximum Gasteiger partial charge on any atom is 0.245 e. The van der Waals surface area contributed by atoms with Crippen LogP contribution in [0.15, 0.2) is 0 Å². The monoisotopic (exact) mass is 288 g/mol. The van der Waals surface area contributed by atoms with Crippen molar-refractivity contribution in [2.75, 3.05) is 32.2 Å². The van der Waals surface area contributed by atoms with Gasteiger partial charge in [0.1, 0.15) is 0 Å². The minimum absolute atomic E-state index is 0.257. The van der Waals surface area contributed by atoms with Crippen LogP contribution in [0.2, 0.25) is 0 Å². The second-order valence-electron chi connectivity index (χ2n) is 3.72. The summed E-state index contributed by atoms with van der Waals surface area (Å²) < 4.78 is 5.05. The van der Waals surface area contributed by atoms with Crippen molar-refractivity contribution in [3.8, 4) is 0 Å². The van der Waals surface area contributed by atoms with Gasteiger partial charge in [0.25, 0.3) is 0 Å². The van der Waals surface area contributed by atoms with E-state index in [4.69, 9.17) is 4.74 Å². The van der Waals surface area contributed by atoms with Crippen molar-refractivity contribution in [1.29, 1.82) is 0 Å². The molecule has 1 aromatic heterocycles. The van der Waals surface area contributed by atoms with Crippen LogP contribution in [-0.2, 0) is 4.74 Å². The SMILES string of the molecule is COCC(Br)CN(C)c1nnc(C)c(C)n1. The Morgan fingerprint density at radius 1 is 1.31 bits per heavy atom. The Kier molecular flexibility index (Phi) is 5.08. The topological polar surface area (TPSA) is 51.1 Å². The van der Waals surface area contributed by atoms with Crippen molar-refractivity contribution in [2.24, 2.45) is 0 Å². The summed E-state index contributed by atoms with van der Waals surface area (Å²) in [5.74, 6) is 0.642. The van der Waals surface area contributed by atoms with Gasteiger partial charge in [0.05, 0.1) is 22.8 Å². The minimum Gasteiger partial charge on any atom is -0.383 e. The number of alkyl halides is 1. The number of anilines is 1. The van der Waals surface area contributed by atoms with E-state index in [2.05, 4.69) is 31.1 Å². The van der Waals surface area contributed by atoms with E-state index >= 15 is 0 Å². The predicted molar refractivity (Wildman–Crippen MR) is 67.2 cm³/mol. The number of nitrogens with zero attached hydrogens (tertiary/aromatic N) is 4. The van der Waals surface area contributed by atoms with Crippen molar-refractivity contribution in [3.05, 3.63) is 11.4 Å². The second kappa shape index (κ2) is 6.10. The van der Waals surface area contributed by atoms with E-state index in [-0.39, 0.29) is 4.83 Å². The highest BCUT2D eigenvalue weighted by atomic mass is 79.9. The molecule has 0 aliphatic heterocycles. The van der Waals surface area contributed by atoms with Gasteiger partial charge in [0.2, 0.25) is 5.95 Å². The summed E-state index contributed by atoms with van der Waals surface area (Å²) in [5, 5.41) is 8.11. The van der Waals surface area contributed by atoms with Crippen molar-refractivity contribution < 1.29 is 4.74 Å². The summed E-state index contributed by atoms with van der Waals surface area (Å²) in [7, 11) is 3.62. The van der Waals surface area contributed by atoms with E-state index in [1.165, 1.54) is 0 Å². The highest BCUT2D eigenvalue weighted by molar-refractivity contribution is 9.09. The van der Waals surface area contributed by atoms with E-state index in [0.29, 0.717) is 12.6 Å². The van der Waals surface area contributed by atoms with Gasteiger partial charge in [-0.05, 0) is 13.8 Å². The summed E-state index contributed by atoms with van der Waals surface area (Å²) in [6, 6.07) is 0. The van der Waals surface area contributed by atoms with Gasteiger partial charge in [-0.25, -0.2) is 4.98 Å². The van der Waals surface area contributed by atoms with Crippen LogP contribution in [0.4, 0.5) is 5.95 Å². The number of halogens is 1. The minimum atomic E-state index is 0.257. The molecule has 90 valence electrons. The number of methoxy groups -OCH3 is 1. The van der Waals surface area contributed by atoms with E-state index in [0.717, 1.165) is 17.9 Å². The van der Waals surface area contributed by atoms with Crippen molar-refractivity contribution in [3.63, 3.8) is 0 Å². The Labute approximate surface area is 104 Å². The Hall–Kier alpha value is -0.750. The molecule has 1 aromatic rings. The molecule has 6 heteroatoms. The molecule has 1 atom stereocenters. The molecule has 1 heterocycles. The standard InChI is InChI=1S/C10H17BrN4O/c1-7-8(2)13-14-10(12-7)15(3)5-9(11)6-16-4/h9H,5-6H2,1-4H3. The second-order valence-corrected chi connectivity index (χ2v) is 5.01. The lowest BCUT2D eigenvalue weighted by molar-refractivity contribution is 0.201. The number of aryl methyl sites for hydroxylation is 2. The van der Waals surface area contributed by atoms with Gasteiger partial charge < -0.3 is 9.64 Å². The Bertz CT molecular complexity index is 348. The third kappa shape index (κ3) is 3.68. The molecule has 0 saturated heterocycles. The van der Waals surface area contributed by atoms with Crippen LogP contribution in [0.25, 0.3) is 0 Å². The molecule has 0 aliphatic rings. The average Bonchev–Trinajstić information content (AvgIpc) is 2.22. The molecule has 0 fully saturated rings. The van der Waals surface area contributed by atoms with Crippen LogP contribution in [0, 0.1) is 13.8 Å². The maximum atomic E-state index is 5.05. The molecule has 0 saturated carbocycles. The first kappa shape index (κ1) is 13.3. The fraction of sp³-hybridized carbons (Fsp3) is 0.700. The molecule has 0 radical (unpaired) electrons. The Morgan fingerprint density at radius 2 is 2.00 bits per heavy atom. The fourth-order valence-electron chi connectivity index (χ4n) is 1.22. The van der Waals surface area contributed by atoms with Crippen LogP contribution in [0.1, 0.15) is 11.4 Å². The van der Waals surface area contributed by atoms with Gasteiger partial charge in [0, 0.05) is 20.7 Å². The molecule has 1 rings (SSSR count). The van der Waals surface area contributed by atoms with Crippen LogP contribution in [-0.4, -0.2) is 47.3 Å². The summed E-state index contributed by atoms with van der Waals surface area (Å²) in [6.07, 6.45) is 0. The number of aromatic nitrogens is 3. The molecular formula is C10H17BrN4O. The first-order valence-electron chi connectivity index (χ1n) is 5.06. The molecule has 0 bridgehead atoms. The zero-order valence-electron chi connectivity index (χ0n) is 10.1. The van der Waals surface area contributed by atoms with Gasteiger partial charge in [-0.3, -0.25) is 0 Å². The first-order valence-corrected chi connectivity index (χ1v) is 5.98. The molecule has 1 unspecified atom stereocenters.